The molecule has 2 aliphatic rings. The van der Waals surface area contributed by atoms with Crippen LogP contribution in [-0.4, -0.2) is 11.8 Å². The maximum absolute atomic E-state index is 4.39. The Kier molecular flexibility index (Phi) is 1.29. The van der Waals surface area contributed by atoms with Crippen molar-refractivity contribution in [2.45, 2.75) is 44.6 Å². The van der Waals surface area contributed by atoms with Gasteiger partial charge in [-0.2, -0.15) is 0 Å². The molecule has 0 radical (unpaired) electrons. The predicted molar refractivity (Wildman–Crippen MR) is 38.9 cm³/mol. The smallest absolute Gasteiger partial charge is 0.0876 e. The van der Waals surface area contributed by atoms with Crippen molar-refractivity contribution < 1.29 is 0 Å². The quantitative estimate of drug-likeness (QED) is 0.468. The average Bonchev–Trinajstić information content (AvgIpc) is 2.46. The average molecular weight is 123 g/mol. The molecule has 1 saturated carbocycles. The van der Waals surface area contributed by atoms with Gasteiger partial charge in [-0.05, 0) is 19.3 Å². The van der Waals surface area contributed by atoms with Crippen molar-refractivity contribution in [3.63, 3.8) is 0 Å². The standard InChI is InChI=1S/C8H13N/c1-2-4-6-8-7(9-8)5-3-1/h7H,1-6H2. The van der Waals surface area contributed by atoms with E-state index in [1.54, 1.807) is 0 Å². The Balaban J connectivity index is 1.85. The van der Waals surface area contributed by atoms with Gasteiger partial charge in [0.15, 0.2) is 0 Å². The van der Waals surface area contributed by atoms with E-state index in [0.29, 0.717) is 0 Å². The molecule has 1 nitrogen and oxygen atoms in total. The normalized spacial score (nSPS) is 33.8. The van der Waals surface area contributed by atoms with Gasteiger partial charge in [-0.3, -0.25) is 4.99 Å². The maximum Gasteiger partial charge on any atom is 0.0876 e. The van der Waals surface area contributed by atoms with Gasteiger partial charge in [0.2, 0.25) is 0 Å². The van der Waals surface area contributed by atoms with E-state index in [1.165, 1.54) is 44.2 Å². The highest BCUT2D eigenvalue weighted by Crippen LogP contribution is 2.26. The lowest BCUT2D eigenvalue weighted by atomic mass is 10.0. The summed E-state index contributed by atoms with van der Waals surface area (Å²) < 4.78 is 0. The number of fused-ring (bicyclic) bond motifs is 1. The van der Waals surface area contributed by atoms with Crippen LogP contribution in [0.2, 0.25) is 0 Å². The molecule has 50 valence electrons. The van der Waals surface area contributed by atoms with Gasteiger partial charge < -0.3 is 0 Å². The van der Waals surface area contributed by atoms with E-state index in [9.17, 15) is 0 Å². The van der Waals surface area contributed by atoms with Crippen molar-refractivity contribution in [1.29, 1.82) is 0 Å². The molecule has 1 aliphatic heterocycles. The fraction of sp³-hybridized carbons (Fsp3) is 0.875. The highest BCUT2D eigenvalue weighted by atomic mass is 15.0. The Morgan fingerprint density at radius 2 is 2.00 bits per heavy atom. The summed E-state index contributed by atoms with van der Waals surface area (Å²) in [7, 11) is 0. The van der Waals surface area contributed by atoms with Crippen LogP contribution in [0.3, 0.4) is 0 Å². The molecule has 9 heavy (non-hydrogen) atoms. The first-order valence-electron chi connectivity index (χ1n) is 4.03. The third-order valence-electron chi connectivity index (χ3n) is 2.30. The molecule has 1 atom stereocenters. The van der Waals surface area contributed by atoms with Crippen LogP contribution in [-0.2, 0) is 0 Å². The molecule has 0 aromatic heterocycles. The molecule has 1 heteroatoms. The van der Waals surface area contributed by atoms with Crippen LogP contribution in [0.5, 0.6) is 0 Å². The number of hydrogen-bond acceptors (Lipinski definition) is 1. The van der Waals surface area contributed by atoms with Gasteiger partial charge in [0, 0.05) is 5.71 Å². The van der Waals surface area contributed by atoms with Crippen LogP contribution in [0.1, 0.15) is 38.5 Å². The van der Waals surface area contributed by atoms with E-state index in [-0.39, 0.29) is 0 Å². The van der Waals surface area contributed by atoms with Crippen LogP contribution < -0.4 is 0 Å². The molecular weight excluding hydrogens is 110 g/mol. The van der Waals surface area contributed by atoms with Crippen molar-refractivity contribution in [2.75, 3.05) is 0 Å². The lowest BCUT2D eigenvalue weighted by Gasteiger charge is -2.02. The summed E-state index contributed by atoms with van der Waals surface area (Å²) in [6.07, 6.45) is 8.36. The van der Waals surface area contributed by atoms with Crippen molar-refractivity contribution in [3.8, 4) is 0 Å². The summed E-state index contributed by atoms with van der Waals surface area (Å²) in [4.78, 5) is 4.39. The number of aliphatic imine (C=N–C) groups is 1. The monoisotopic (exact) mass is 123 g/mol. The Bertz CT molecular complexity index is 138. The lowest BCUT2D eigenvalue weighted by Crippen LogP contribution is -2.00. The van der Waals surface area contributed by atoms with Crippen molar-refractivity contribution >= 4 is 5.71 Å². The molecule has 0 aromatic rings. The van der Waals surface area contributed by atoms with E-state index in [2.05, 4.69) is 4.99 Å². The zero-order valence-corrected chi connectivity index (χ0v) is 5.77. The molecule has 0 spiro atoms. The van der Waals surface area contributed by atoms with E-state index in [4.69, 9.17) is 0 Å². The van der Waals surface area contributed by atoms with Crippen LogP contribution in [0.4, 0.5) is 0 Å². The van der Waals surface area contributed by atoms with Gasteiger partial charge in [0.05, 0.1) is 6.04 Å². The Morgan fingerprint density at radius 3 is 3.00 bits per heavy atom. The summed E-state index contributed by atoms with van der Waals surface area (Å²) in [5.74, 6) is 0. The third kappa shape index (κ3) is 1.15. The fourth-order valence-electron chi connectivity index (χ4n) is 1.62. The van der Waals surface area contributed by atoms with Gasteiger partial charge in [0.25, 0.3) is 0 Å². The molecule has 1 fully saturated rings. The minimum atomic E-state index is 0.727. The Labute approximate surface area is 56.2 Å². The van der Waals surface area contributed by atoms with Gasteiger partial charge in [-0.25, -0.2) is 0 Å². The van der Waals surface area contributed by atoms with Crippen molar-refractivity contribution in [2.24, 2.45) is 4.99 Å². The minimum absolute atomic E-state index is 0.727. The fourth-order valence-corrected chi connectivity index (χ4v) is 1.62. The van der Waals surface area contributed by atoms with Crippen LogP contribution in [0, 0.1) is 0 Å². The summed E-state index contributed by atoms with van der Waals surface area (Å²) in [6.45, 7) is 0. The second-order valence-electron chi connectivity index (χ2n) is 3.09. The molecule has 0 amide bonds. The second kappa shape index (κ2) is 2.13. The molecule has 0 N–H and O–H groups in total. The zero-order valence-electron chi connectivity index (χ0n) is 5.77. The Morgan fingerprint density at radius 1 is 1.11 bits per heavy atom. The summed E-state index contributed by atoms with van der Waals surface area (Å²) >= 11 is 0. The minimum Gasteiger partial charge on any atom is -0.283 e. The van der Waals surface area contributed by atoms with E-state index >= 15 is 0 Å². The molecule has 1 unspecified atom stereocenters. The van der Waals surface area contributed by atoms with Crippen LogP contribution in [0.15, 0.2) is 4.99 Å². The SMILES string of the molecule is C1CCCC2N=C2CC1. The van der Waals surface area contributed by atoms with Gasteiger partial charge in [-0.1, -0.05) is 19.3 Å². The number of hydrogen-bond donors (Lipinski definition) is 0. The van der Waals surface area contributed by atoms with Crippen LogP contribution >= 0.6 is 0 Å². The second-order valence-corrected chi connectivity index (χ2v) is 3.09. The Hall–Kier alpha value is -0.330. The van der Waals surface area contributed by atoms with Gasteiger partial charge in [-0.15, -0.1) is 0 Å². The van der Waals surface area contributed by atoms with E-state index in [1.807, 2.05) is 0 Å². The van der Waals surface area contributed by atoms with Crippen LogP contribution in [0.25, 0.3) is 0 Å². The predicted octanol–water partition coefficient (Wildman–Crippen LogP) is 2.16. The summed E-state index contributed by atoms with van der Waals surface area (Å²) in [5.41, 5.74) is 1.52. The first kappa shape index (κ1) is 5.45. The van der Waals surface area contributed by atoms with Crippen molar-refractivity contribution in [1.82, 2.24) is 0 Å². The summed E-state index contributed by atoms with van der Waals surface area (Å²) in [5, 5.41) is 0. The van der Waals surface area contributed by atoms with E-state index < -0.39 is 0 Å². The topological polar surface area (TPSA) is 12.4 Å². The molecule has 2 rings (SSSR count). The first-order chi connectivity index (χ1) is 4.47. The van der Waals surface area contributed by atoms with Gasteiger partial charge in [0.1, 0.15) is 0 Å². The largest absolute Gasteiger partial charge is 0.283 e. The van der Waals surface area contributed by atoms with Gasteiger partial charge >= 0.3 is 0 Å². The molecule has 0 bridgehead atoms. The maximum atomic E-state index is 4.39. The third-order valence-corrected chi connectivity index (χ3v) is 2.30. The molecule has 0 saturated heterocycles. The zero-order chi connectivity index (χ0) is 6.10. The van der Waals surface area contributed by atoms with Crippen molar-refractivity contribution in [3.05, 3.63) is 0 Å². The molecular formula is C8H13N. The number of rotatable bonds is 0. The number of nitrogens with zero attached hydrogens (tertiary/aromatic N) is 1. The van der Waals surface area contributed by atoms with E-state index in [0.717, 1.165) is 6.04 Å². The summed E-state index contributed by atoms with van der Waals surface area (Å²) in [6, 6.07) is 0.727. The highest BCUT2D eigenvalue weighted by Gasteiger charge is 2.26. The first-order valence-corrected chi connectivity index (χ1v) is 4.03. The molecule has 1 aliphatic carbocycles. The molecule has 0 aromatic carbocycles. The highest BCUT2D eigenvalue weighted by molar-refractivity contribution is 6.00. The lowest BCUT2D eigenvalue weighted by molar-refractivity contribution is 0.608. The molecule has 1 heterocycles.